The topological polar surface area (TPSA) is 24.7 Å². The highest BCUT2D eigenvalue weighted by molar-refractivity contribution is 7.97. The fourth-order valence-electron chi connectivity index (χ4n) is 1.63. The third-order valence-corrected chi connectivity index (χ3v) is 3.43. The molecule has 0 aromatic heterocycles. The van der Waals surface area contributed by atoms with E-state index in [1.165, 1.54) is 17.5 Å². The maximum absolute atomic E-state index is 4.16. The summed E-state index contributed by atoms with van der Waals surface area (Å²) in [4.78, 5) is 1.10. The number of benzene rings is 2. The van der Waals surface area contributed by atoms with Gasteiger partial charge < -0.3 is 0 Å². The van der Waals surface area contributed by atoms with E-state index in [0.29, 0.717) is 0 Å². The predicted octanol–water partition coefficient (Wildman–Crippen LogP) is 5.78. The molecule has 19 heavy (non-hydrogen) atoms. The zero-order chi connectivity index (χ0) is 13.7. The van der Waals surface area contributed by atoms with E-state index in [4.69, 9.17) is 0 Å². The number of hydrogen-bond donors (Lipinski definition) is 0. The Labute approximate surface area is 119 Å². The summed E-state index contributed by atoms with van der Waals surface area (Å²) in [5.41, 5.74) is 2.40. The minimum Gasteiger partial charge on any atom is -0.143 e. The summed E-state index contributed by atoms with van der Waals surface area (Å²) < 4.78 is 4.15. The van der Waals surface area contributed by atoms with Gasteiger partial charge in [-0.2, -0.15) is 0 Å². The molecule has 0 spiro atoms. The first kappa shape index (κ1) is 13.8. The number of nitrogens with zero attached hydrogens (tertiary/aromatic N) is 2. The van der Waals surface area contributed by atoms with Crippen LogP contribution in [0.3, 0.4) is 0 Å². The average Bonchev–Trinajstić information content (AvgIpc) is 2.39. The van der Waals surface area contributed by atoms with Crippen molar-refractivity contribution in [2.45, 2.75) is 31.1 Å². The summed E-state index contributed by atoms with van der Waals surface area (Å²) in [6.45, 7) is 6.64. The van der Waals surface area contributed by atoms with Gasteiger partial charge in [-0.15, -0.1) is 9.63 Å². The summed E-state index contributed by atoms with van der Waals surface area (Å²) in [5, 5.41) is 4.16. The zero-order valence-corrected chi connectivity index (χ0v) is 12.3. The lowest BCUT2D eigenvalue weighted by Gasteiger charge is -2.18. The van der Waals surface area contributed by atoms with Crippen LogP contribution in [0.5, 0.6) is 0 Å². The lowest BCUT2D eigenvalue weighted by molar-refractivity contribution is 0.590. The van der Waals surface area contributed by atoms with Crippen LogP contribution in [0.25, 0.3) is 0 Å². The first-order chi connectivity index (χ1) is 9.05. The predicted molar refractivity (Wildman–Crippen MR) is 82.0 cm³/mol. The lowest BCUT2D eigenvalue weighted by atomic mass is 9.87. The molecule has 0 aliphatic heterocycles. The van der Waals surface area contributed by atoms with Gasteiger partial charge in [-0.3, -0.25) is 0 Å². The van der Waals surface area contributed by atoms with Gasteiger partial charge in [-0.1, -0.05) is 51.1 Å². The van der Waals surface area contributed by atoms with Crippen LogP contribution in [0.4, 0.5) is 5.69 Å². The molecule has 2 rings (SSSR count). The standard InChI is InChI=1S/C16H18N2S/c1-16(2,3)13-9-11-15(12-10-13)19-18-17-14-7-5-4-6-8-14/h4-12H,1-3H3. The Balaban J connectivity index is 1.99. The van der Waals surface area contributed by atoms with Crippen molar-refractivity contribution < 1.29 is 0 Å². The zero-order valence-electron chi connectivity index (χ0n) is 11.5. The number of rotatable bonds is 3. The minimum absolute atomic E-state index is 0.189. The van der Waals surface area contributed by atoms with E-state index in [9.17, 15) is 0 Å². The Hall–Kier alpha value is -1.61. The van der Waals surface area contributed by atoms with Crippen LogP contribution in [0.1, 0.15) is 26.3 Å². The fraction of sp³-hybridized carbons (Fsp3) is 0.250. The summed E-state index contributed by atoms with van der Waals surface area (Å²) in [6.07, 6.45) is 0. The normalized spacial score (nSPS) is 11.9. The van der Waals surface area contributed by atoms with Gasteiger partial charge in [0.15, 0.2) is 0 Å². The van der Waals surface area contributed by atoms with Crippen LogP contribution in [0, 0.1) is 0 Å². The van der Waals surface area contributed by atoms with Gasteiger partial charge >= 0.3 is 0 Å². The van der Waals surface area contributed by atoms with Crippen LogP contribution < -0.4 is 0 Å². The van der Waals surface area contributed by atoms with Gasteiger partial charge in [0, 0.05) is 16.8 Å². The molecule has 2 aromatic rings. The Morgan fingerprint density at radius 2 is 1.47 bits per heavy atom. The molecule has 0 heterocycles. The first-order valence-corrected chi connectivity index (χ1v) is 7.07. The Morgan fingerprint density at radius 3 is 2.05 bits per heavy atom. The van der Waals surface area contributed by atoms with Gasteiger partial charge in [0.05, 0.1) is 5.69 Å². The highest BCUT2D eigenvalue weighted by atomic mass is 32.2. The van der Waals surface area contributed by atoms with E-state index < -0.39 is 0 Å². The molecule has 2 aromatic carbocycles. The second-order valence-electron chi connectivity index (χ2n) is 5.38. The molecular formula is C16H18N2S. The summed E-state index contributed by atoms with van der Waals surface area (Å²) >= 11 is 1.39. The maximum Gasteiger partial charge on any atom is 0.0863 e. The molecule has 0 atom stereocenters. The van der Waals surface area contributed by atoms with Gasteiger partial charge in [0.25, 0.3) is 0 Å². The highest BCUT2D eigenvalue weighted by Crippen LogP contribution is 2.27. The van der Waals surface area contributed by atoms with E-state index in [1.807, 2.05) is 30.3 Å². The molecule has 0 saturated carbocycles. The molecule has 98 valence electrons. The van der Waals surface area contributed by atoms with Crippen molar-refractivity contribution in [3.8, 4) is 0 Å². The van der Waals surface area contributed by atoms with Gasteiger partial charge in [-0.05, 0) is 35.2 Å². The molecule has 0 bridgehead atoms. The molecule has 0 saturated heterocycles. The highest BCUT2D eigenvalue weighted by Gasteiger charge is 2.12. The van der Waals surface area contributed by atoms with Crippen molar-refractivity contribution in [1.82, 2.24) is 0 Å². The minimum atomic E-state index is 0.189. The number of hydrogen-bond acceptors (Lipinski definition) is 3. The van der Waals surface area contributed by atoms with Crippen molar-refractivity contribution >= 4 is 17.6 Å². The van der Waals surface area contributed by atoms with Crippen molar-refractivity contribution in [3.63, 3.8) is 0 Å². The third-order valence-electron chi connectivity index (χ3n) is 2.78. The SMILES string of the molecule is CC(C)(C)c1ccc(SN=Nc2ccccc2)cc1. The quantitative estimate of drug-likeness (QED) is 0.513. The van der Waals surface area contributed by atoms with Gasteiger partial charge in [0.2, 0.25) is 0 Å². The Bertz CT molecular complexity index is 539. The van der Waals surface area contributed by atoms with Crippen molar-refractivity contribution in [2.75, 3.05) is 0 Å². The summed E-state index contributed by atoms with van der Waals surface area (Å²) in [5.74, 6) is 0. The molecule has 0 unspecified atom stereocenters. The first-order valence-electron chi connectivity index (χ1n) is 6.29. The average molecular weight is 270 g/mol. The lowest BCUT2D eigenvalue weighted by Crippen LogP contribution is -2.10. The monoisotopic (exact) mass is 270 g/mol. The van der Waals surface area contributed by atoms with E-state index in [1.54, 1.807) is 0 Å². The van der Waals surface area contributed by atoms with Crippen LogP contribution in [-0.2, 0) is 5.41 Å². The van der Waals surface area contributed by atoms with Crippen molar-refractivity contribution in [2.24, 2.45) is 9.63 Å². The van der Waals surface area contributed by atoms with Crippen LogP contribution in [0.15, 0.2) is 69.1 Å². The second-order valence-corrected chi connectivity index (χ2v) is 6.20. The van der Waals surface area contributed by atoms with Crippen LogP contribution in [0.2, 0.25) is 0 Å². The molecule has 0 radical (unpaired) electrons. The van der Waals surface area contributed by atoms with Crippen molar-refractivity contribution in [3.05, 3.63) is 60.2 Å². The molecule has 0 aliphatic carbocycles. The Kier molecular flexibility index (Phi) is 4.38. The van der Waals surface area contributed by atoms with Crippen LogP contribution >= 0.6 is 11.9 Å². The van der Waals surface area contributed by atoms with E-state index in [0.717, 1.165) is 10.6 Å². The van der Waals surface area contributed by atoms with E-state index in [-0.39, 0.29) is 5.41 Å². The molecule has 0 aliphatic rings. The second kappa shape index (κ2) is 6.02. The van der Waals surface area contributed by atoms with Crippen molar-refractivity contribution in [1.29, 1.82) is 0 Å². The van der Waals surface area contributed by atoms with Gasteiger partial charge in [0.1, 0.15) is 0 Å². The third kappa shape index (κ3) is 4.21. The molecule has 0 N–H and O–H groups in total. The fourth-order valence-corrected chi connectivity index (χ4v) is 2.11. The largest absolute Gasteiger partial charge is 0.143 e. The van der Waals surface area contributed by atoms with Crippen LogP contribution in [-0.4, -0.2) is 0 Å². The smallest absolute Gasteiger partial charge is 0.0863 e. The Morgan fingerprint density at radius 1 is 0.842 bits per heavy atom. The maximum atomic E-state index is 4.16. The summed E-state index contributed by atoms with van der Waals surface area (Å²) in [7, 11) is 0. The van der Waals surface area contributed by atoms with E-state index in [2.05, 4.69) is 54.7 Å². The molecule has 3 heteroatoms. The molecule has 0 fully saturated rings. The molecular weight excluding hydrogens is 252 g/mol. The molecule has 2 nitrogen and oxygen atoms in total. The molecule has 0 amide bonds. The van der Waals surface area contributed by atoms with Gasteiger partial charge in [-0.25, -0.2) is 0 Å². The summed E-state index contributed by atoms with van der Waals surface area (Å²) in [6, 6.07) is 18.2. The van der Waals surface area contributed by atoms with E-state index >= 15 is 0 Å².